The van der Waals surface area contributed by atoms with Crippen LogP contribution in [0.4, 0.5) is 23.4 Å². The molecule has 0 bridgehead atoms. The monoisotopic (exact) mass is 554 g/mol. The van der Waals surface area contributed by atoms with Crippen LogP contribution in [0, 0.1) is 18.7 Å². The number of anilines is 1. The fourth-order valence-electron chi connectivity index (χ4n) is 5.56. The van der Waals surface area contributed by atoms with Crippen LogP contribution in [0.1, 0.15) is 53.8 Å². The van der Waals surface area contributed by atoms with Crippen molar-refractivity contribution in [3.05, 3.63) is 71.3 Å². The molecule has 6 rings (SSSR count). The quantitative estimate of drug-likeness (QED) is 0.230. The first-order chi connectivity index (χ1) is 19.0. The molecule has 208 valence electrons. The Morgan fingerprint density at radius 1 is 1.15 bits per heavy atom. The summed E-state index contributed by atoms with van der Waals surface area (Å²) in [5, 5.41) is 13.3. The van der Waals surface area contributed by atoms with Gasteiger partial charge in [-0.1, -0.05) is 36.2 Å². The number of rotatable bonds is 8. The molecule has 0 atom stereocenters. The highest BCUT2D eigenvalue weighted by molar-refractivity contribution is 5.95. The molecule has 2 aromatic carbocycles. The van der Waals surface area contributed by atoms with Crippen LogP contribution in [0.2, 0.25) is 0 Å². The Labute approximate surface area is 226 Å². The highest BCUT2D eigenvalue weighted by Gasteiger charge is 2.51. The van der Waals surface area contributed by atoms with Crippen molar-refractivity contribution in [3.8, 4) is 17.0 Å². The van der Waals surface area contributed by atoms with E-state index in [-0.39, 0.29) is 17.9 Å². The van der Waals surface area contributed by atoms with Gasteiger partial charge < -0.3 is 19.7 Å². The second-order valence-corrected chi connectivity index (χ2v) is 10.6. The van der Waals surface area contributed by atoms with E-state index in [0.717, 1.165) is 55.4 Å². The highest BCUT2D eigenvalue weighted by atomic mass is 19.4. The number of hydrogen-bond acceptors (Lipinski definition) is 5. The maximum absolute atomic E-state index is 14.6. The lowest BCUT2D eigenvalue weighted by molar-refractivity contribution is -0.275. The zero-order valence-corrected chi connectivity index (χ0v) is 21.6. The summed E-state index contributed by atoms with van der Waals surface area (Å²) in [6.07, 6.45) is 0.214. The van der Waals surface area contributed by atoms with Gasteiger partial charge in [-0.2, -0.15) is 0 Å². The van der Waals surface area contributed by atoms with Gasteiger partial charge in [0.25, 0.3) is 0 Å². The van der Waals surface area contributed by atoms with Gasteiger partial charge in [0.1, 0.15) is 5.52 Å². The van der Waals surface area contributed by atoms with Crippen LogP contribution in [-0.2, 0) is 6.54 Å². The first-order valence-corrected chi connectivity index (χ1v) is 13.1. The predicted molar refractivity (Wildman–Crippen MR) is 140 cm³/mol. The molecule has 0 unspecified atom stereocenters. The van der Waals surface area contributed by atoms with E-state index in [2.05, 4.69) is 20.0 Å². The summed E-state index contributed by atoms with van der Waals surface area (Å²) in [6.45, 7) is 2.01. The van der Waals surface area contributed by atoms with E-state index in [1.807, 2.05) is 35.8 Å². The predicted octanol–water partition coefficient (Wildman–Crippen LogP) is 6.94. The van der Waals surface area contributed by atoms with E-state index < -0.39 is 23.9 Å². The minimum atomic E-state index is -5.02. The molecule has 0 amide bonds. The Bertz CT molecular complexity index is 1620. The summed E-state index contributed by atoms with van der Waals surface area (Å²) < 4.78 is 58.3. The van der Waals surface area contributed by atoms with Crippen molar-refractivity contribution in [2.45, 2.75) is 57.5 Å². The molecule has 0 radical (unpaired) electrons. The number of carboxylic acid groups (broad SMARTS) is 1. The summed E-state index contributed by atoms with van der Waals surface area (Å²) in [5.74, 6) is -2.81. The fraction of sp³-hybridized carbons (Fsp3) is 0.345. The van der Waals surface area contributed by atoms with Crippen molar-refractivity contribution >= 4 is 22.8 Å². The Balaban J connectivity index is 1.50. The van der Waals surface area contributed by atoms with Gasteiger partial charge in [-0.15, -0.1) is 13.2 Å². The largest absolute Gasteiger partial charge is 0.573 e. The summed E-state index contributed by atoms with van der Waals surface area (Å²) in [7, 11) is 0. The molecule has 4 aromatic rings. The van der Waals surface area contributed by atoms with Crippen molar-refractivity contribution in [2.24, 2.45) is 5.92 Å². The number of carbonyl (C=O) groups is 1. The maximum Gasteiger partial charge on any atom is 0.573 e. The molecule has 2 aliphatic carbocycles. The first kappa shape index (κ1) is 26.1. The number of hydrogen-bond donors (Lipinski definition) is 2. The number of aryl methyl sites for hydroxylation is 1. The number of fused-ring (bicyclic) bond motifs is 1. The van der Waals surface area contributed by atoms with Crippen molar-refractivity contribution in [1.82, 2.24) is 14.5 Å². The van der Waals surface area contributed by atoms with Gasteiger partial charge in [-0.05, 0) is 73.9 Å². The molecule has 2 N–H and O–H groups in total. The van der Waals surface area contributed by atoms with Gasteiger partial charge in [0, 0.05) is 12.1 Å². The third-order valence-electron chi connectivity index (χ3n) is 7.86. The Hall–Kier alpha value is -4.15. The van der Waals surface area contributed by atoms with Crippen LogP contribution in [0.15, 0.2) is 48.5 Å². The molecule has 7 nitrogen and oxygen atoms in total. The van der Waals surface area contributed by atoms with Crippen molar-refractivity contribution in [1.29, 1.82) is 0 Å². The molecule has 2 aromatic heterocycles. The van der Waals surface area contributed by atoms with Gasteiger partial charge in [-0.3, -0.25) is 0 Å². The van der Waals surface area contributed by atoms with E-state index in [0.29, 0.717) is 34.0 Å². The Morgan fingerprint density at radius 3 is 2.52 bits per heavy atom. The Morgan fingerprint density at radius 2 is 1.93 bits per heavy atom. The van der Waals surface area contributed by atoms with Crippen LogP contribution < -0.4 is 10.1 Å². The zero-order chi connectivity index (χ0) is 28.2. The van der Waals surface area contributed by atoms with E-state index in [4.69, 9.17) is 0 Å². The second-order valence-electron chi connectivity index (χ2n) is 10.6. The summed E-state index contributed by atoms with van der Waals surface area (Å²) in [5.41, 5.74) is 3.66. The number of alkyl halides is 3. The van der Waals surface area contributed by atoms with E-state index in [1.165, 1.54) is 6.07 Å². The summed E-state index contributed by atoms with van der Waals surface area (Å²) in [4.78, 5) is 20.7. The van der Waals surface area contributed by atoms with Crippen LogP contribution >= 0.6 is 0 Å². The number of carboxylic acids is 1. The van der Waals surface area contributed by atoms with E-state index in [9.17, 15) is 27.5 Å². The highest BCUT2D eigenvalue weighted by Crippen LogP contribution is 2.53. The molecule has 2 saturated carbocycles. The molecule has 2 aliphatic rings. The number of nitrogens with zero attached hydrogens (tertiary/aromatic N) is 3. The molecule has 0 saturated heterocycles. The maximum atomic E-state index is 14.6. The number of ether oxygens (including phenoxy) is 1. The number of halogens is 4. The lowest BCUT2D eigenvalue weighted by Gasteiger charge is -2.35. The van der Waals surface area contributed by atoms with Crippen LogP contribution in [-0.4, -0.2) is 37.5 Å². The normalized spacial score (nSPS) is 16.5. The summed E-state index contributed by atoms with van der Waals surface area (Å²) >= 11 is 0. The number of aromatic carboxylic acids is 1. The molecule has 40 heavy (non-hydrogen) atoms. The molecule has 2 fully saturated rings. The van der Waals surface area contributed by atoms with Gasteiger partial charge in [0.2, 0.25) is 5.82 Å². The molecular weight excluding hydrogens is 528 g/mol. The second kappa shape index (κ2) is 9.50. The Kier molecular flexibility index (Phi) is 6.19. The van der Waals surface area contributed by atoms with Crippen molar-refractivity contribution < 1.29 is 32.2 Å². The fourth-order valence-corrected chi connectivity index (χ4v) is 5.56. The van der Waals surface area contributed by atoms with Gasteiger partial charge >= 0.3 is 12.3 Å². The first-order valence-electron chi connectivity index (χ1n) is 13.1. The van der Waals surface area contributed by atoms with Gasteiger partial charge in [0.05, 0.1) is 11.2 Å². The average Bonchev–Trinajstić information content (AvgIpc) is 3.50. The number of aromatic nitrogens is 3. The molecular formula is C29H26F4N4O3. The SMILES string of the molecule is Cc1cccc(-c2cc3nc(C(=O)O)nc(NC4(C5CCC5)CC4)c3n2Cc2ccc(OC(F)(F)F)c(F)c2)c1. The molecule has 0 spiro atoms. The van der Waals surface area contributed by atoms with Crippen molar-refractivity contribution in [2.75, 3.05) is 5.32 Å². The average molecular weight is 555 g/mol. The van der Waals surface area contributed by atoms with E-state index in [1.54, 1.807) is 6.07 Å². The lowest BCUT2D eigenvalue weighted by Crippen LogP contribution is -2.36. The van der Waals surface area contributed by atoms with Crippen LogP contribution in [0.25, 0.3) is 22.3 Å². The minimum absolute atomic E-state index is 0.0663. The third-order valence-corrected chi connectivity index (χ3v) is 7.86. The standard InChI is InChI=1S/C29H26F4N4O3/c1-16-4-2-5-18(12-16)22-14-21-24(37(22)15-17-8-9-23(20(30)13-17)40-29(31,32)33)25(35-26(34-21)27(38)39)36-28(10-11-28)19-6-3-7-19/h2,4-5,8-9,12-14,19H,3,6-7,10-11,15H2,1H3,(H,38,39)(H,34,35,36). The zero-order valence-electron chi connectivity index (χ0n) is 21.6. The van der Waals surface area contributed by atoms with Crippen molar-refractivity contribution in [3.63, 3.8) is 0 Å². The number of benzene rings is 2. The lowest BCUT2D eigenvalue weighted by atomic mass is 9.78. The van der Waals surface area contributed by atoms with Crippen LogP contribution in [0.3, 0.4) is 0 Å². The molecule has 0 aliphatic heterocycles. The van der Waals surface area contributed by atoms with Gasteiger partial charge in [0.15, 0.2) is 17.4 Å². The van der Waals surface area contributed by atoms with Gasteiger partial charge in [-0.25, -0.2) is 19.2 Å². The molecule has 11 heteroatoms. The van der Waals surface area contributed by atoms with E-state index >= 15 is 0 Å². The minimum Gasteiger partial charge on any atom is -0.475 e. The summed E-state index contributed by atoms with van der Waals surface area (Å²) in [6, 6.07) is 12.8. The molecule has 2 heterocycles. The smallest absolute Gasteiger partial charge is 0.475 e. The topological polar surface area (TPSA) is 89.3 Å². The van der Waals surface area contributed by atoms with Crippen LogP contribution in [0.5, 0.6) is 5.75 Å². The number of nitrogens with one attached hydrogen (secondary N) is 1. The third kappa shape index (κ3) is 4.96.